The van der Waals surface area contributed by atoms with Gasteiger partial charge in [-0.25, -0.2) is 0 Å². The molecule has 2 aromatic heterocycles. The van der Waals surface area contributed by atoms with Gasteiger partial charge in [-0.3, -0.25) is 0 Å². The second-order valence-electron chi connectivity index (χ2n) is 6.07. The van der Waals surface area contributed by atoms with Crippen molar-refractivity contribution in [3.8, 4) is 0 Å². The zero-order valence-electron chi connectivity index (χ0n) is 14.1. The number of carboxylic acids is 1. The minimum absolute atomic E-state index is 0. The van der Waals surface area contributed by atoms with Gasteiger partial charge in [-0.1, -0.05) is 36.4 Å². The molecule has 4 rings (SSSR count). The van der Waals surface area contributed by atoms with Gasteiger partial charge in [-0.2, -0.15) is 0 Å². The topological polar surface area (TPSA) is 50.0 Å². The fourth-order valence-electron chi connectivity index (χ4n) is 3.28. The van der Waals surface area contributed by atoms with E-state index in [-0.39, 0.29) is 29.6 Å². The van der Waals surface area contributed by atoms with Crippen LogP contribution in [-0.2, 0) is 17.9 Å². The second kappa shape index (κ2) is 7.48. The third kappa shape index (κ3) is 3.52. The smallest absolute Gasteiger partial charge is 0.550 e. The van der Waals surface area contributed by atoms with Crippen molar-refractivity contribution in [2.24, 2.45) is 5.92 Å². The Labute approximate surface area is 168 Å². The van der Waals surface area contributed by atoms with Crippen LogP contribution in [0.1, 0.15) is 0 Å². The van der Waals surface area contributed by atoms with Crippen LogP contribution in [0.3, 0.4) is 0 Å². The molecule has 0 aliphatic heterocycles. The minimum Gasteiger partial charge on any atom is -0.550 e. The number of hydrogen-bond donors (Lipinski definition) is 0. The predicted octanol–water partition coefficient (Wildman–Crippen LogP) is -0.334. The van der Waals surface area contributed by atoms with E-state index in [9.17, 15) is 9.90 Å². The number of hydrogen-bond acceptors (Lipinski definition) is 2. The van der Waals surface area contributed by atoms with E-state index in [1.54, 1.807) is 0 Å². The normalized spacial score (nSPS) is 11.1. The molecule has 2 heterocycles. The van der Waals surface area contributed by atoms with Gasteiger partial charge in [0.25, 0.3) is 0 Å². The average molecular weight is 340 g/mol. The molecule has 0 bridgehead atoms. The summed E-state index contributed by atoms with van der Waals surface area (Å²) in [5.41, 5.74) is 2.09. The van der Waals surface area contributed by atoms with Crippen LogP contribution in [0.4, 0.5) is 0 Å². The first-order valence-electron chi connectivity index (χ1n) is 8.01. The summed E-state index contributed by atoms with van der Waals surface area (Å²) in [4.78, 5) is 11.7. The molecule has 0 spiro atoms. The molecule has 0 radical (unpaired) electrons. The van der Waals surface area contributed by atoms with Crippen molar-refractivity contribution in [2.45, 2.75) is 13.1 Å². The number of aliphatic carboxylic acids is 1. The molecule has 4 aromatic rings. The first-order valence-corrected chi connectivity index (χ1v) is 8.01. The quantitative estimate of drug-likeness (QED) is 0.467. The molecular weight excluding hydrogens is 323 g/mol. The van der Waals surface area contributed by atoms with E-state index in [0.717, 1.165) is 21.8 Å². The standard InChI is InChI=1S/C20H18N2O2.Na/c23-20(24)17(13-21-11-9-15-5-1-3-7-18(15)21)14-22-12-10-16-6-2-4-8-19(16)22;/h1-12,17H,13-14H2,(H,23,24);/q;+1/p-1. The molecule has 0 N–H and O–H groups in total. The molecule has 120 valence electrons. The van der Waals surface area contributed by atoms with Crippen LogP contribution in [0.5, 0.6) is 0 Å². The van der Waals surface area contributed by atoms with Crippen LogP contribution in [0.2, 0.25) is 0 Å². The summed E-state index contributed by atoms with van der Waals surface area (Å²) in [6.45, 7) is 0.782. The number of carbonyl (C=O) groups is 1. The van der Waals surface area contributed by atoms with E-state index in [0.29, 0.717) is 13.1 Å². The Kier molecular flexibility index (Phi) is 5.33. The fraction of sp³-hybridized carbons (Fsp3) is 0.150. The number of aromatic nitrogens is 2. The van der Waals surface area contributed by atoms with E-state index in [1.807, 2.05) is 82.2 Å². The molecule has 0 amide bonds. The summed E-state index contributed by atoms with van der Waals surface area (Å²) in [6.07, 6.45) is 3.88. The van der Waals surface area contributed by atoms with Gasteiger partial charge in [0.05, 0.1) is 0 Å². The Morgan fingerprint density at radius 3 is 1.68 bits per heavy atom. The molecule has 0 atom stereocenters. The third-order valence-electron chi connectivity index (χ3n) is 4.53. The monoisotopic (exact) mass is 340 g/mol. The van der Waals surface area contributed by atoms with Gasteiger partial charge in [-0.15, -0.1) is 0 Å². The van der Waals surface area contributed by atoms with Crippen molar-refractivity contribution in [1.29, 1.82) is 0 Å². The molecule has 0 aliphatic carbocycles. The largest absolute Gasteiger partial charge is 1.00 e. The summed E-state index contributed by atoms with van der Waals surface area (Å²) in [5, 5.41) is 13.9. The summed E-state index contributed by atoms with van der Waals surface area (Å²) < 4.78 is 3.98. The molecule has 0 saturated carbocycles. The Bertz CT molecular complexity index is 943. The number of carbonyl (C=O) groups excluding carboxylic acids is 1. The third-order valence-corrected chi connectivity index (χ3v) is 4.53. The van der Waals surface area contributed by atoms with Gasteiger partial charge in [-0.05, 0) is 35.0 Å². The second-order valence-corrected chi connectivity index (χ2v) is 6.07. The first-order chi connectivity index (χ1) is 11.7. The number of fused-ring (bicyclic) bond motifs is 2. The van der Waals surface area contributed by atoms with Crippen molar-refractivity contribution in [1.82, 2.24) is 9.13 Å². The number of para-hydroxylation sites is 2. The maximum atomic E-state index is 11.7. The van der Waals surface area contributed by atoms with Gasteiger partial charge in [0.2, 0.25) is 0 Å². The van der Waals surface area contributed by atoms with Crippen LogP contribution in [0.25, 0.3) is 21.8 Å². The molecule has 25 heavy (non-hydrogen) atoms. The van der Waals surface area contributed by atoms with Crippen molar-refractivity contribution in [3.05, 3.63) is 73.1 Å². The van der Waals surface area contributed by atoms with E-state index in [2.05, 4.69) is 0 Å². The number of rotatable bonds is 5. The number of benzene rings is 2. The van der Waals surface area contributed by atoms with Crippen LogP contribution >= 0.6 is 0 Å². The Morgan fingerprint density at radius 2 is 1.24 bits per heavy atom. The molecule has 0 unspecified atom stereocenters. The van der Waals surface area contributed by atoms with E-state index in [1.165, 1.54) is 0 Å². The van der Waals surface area contributed by atoms with E-state index >= 15 is 0 Å². The van der Waals surface area contributed by atoms with Crippen molar-refractivity contribution in [3.63, 3.8) is 0 Å². The van der Waals surface area contributed by atoms with Gasteiger partial charge in [0.1, 0.15) is 0 Å². The zero-order valence-corrected chi connectivity index (χ0v) is 16.1. The molecule has 5 heteroatoms. The predicted molar refractivity (Wildman–Crippen MR) is 92.4 cm³/mol. The van der Waals surface area contributed by atoms with Crippen molar-refractivity contribution in [2.75, 3.05) is 0 Å². The summed E-state index contributed by atoms with van der Waals surface area (Å²) in [7, 11) is 0. The van der Waals surface area contributed by atoms with Crippen molar-refractivity contribution < 1.29 is 39.5 Å². The van der Waals surface area contributed by atoms with E-state index < -0.39 is 11.9 Å². The van der Waals surface area contributed by atoms with Gasteiger partial charge in [0.15, 0.2) is 0 Å². The molecule has 4 nitrogen and oxygen atoms in total. The average Bonchev–Trinajstić information content (AvgIpc) is 3.19. The molecule has 0 fully saturated rings. The SMILES string of the molecule is O=C([O-])C(Cn1ccc2ccccc21)Cn1ccc2ccccc21.[Na+]. The van der Waals surface area contributed by atoms with E-state index in [4.69, 9.17) is 0 Å². The zero-order chi connectivity index (χ0) is 16.5. The Balaban J connectivity index is 0.00000182. The molecule has 0 aliphatic rings. The minimum atomic E-state index is -1.02. The fourth-order valence-corrected chi connectivity index (χ4v) is 3.28. The number of carboxylic acid groups (broad SMARTS) is 1. The van der Waals surface area contributed by atoms with Gasteiger partial charge < -0.3 is 19.0 Å². The summed E-state index contributed by atoms with van der Waals surface area (Å²) >= 11 is 0. The van der Waals surface area contributed by atoms with Crippen molar-refractivity contribution >= 4 is 27.8 Å². The first kappa shape index (κ1) is 17.8. The summed E-state index contributed by atoms with van der Waals surface area (Å²) in [5.74, 6) is -1.62. The Hall–Kier alpha value is -2.01. The van der Waals surface area contributed by atoms with Crippen LogP contribution in [0.15, 0.2) is 73.1 Å². The van der Waals surface area contributed by atoms with Crippen LogP contribution < -0.4 is 34.7 Å². The van der Waals surface area contributed by atoms with Gasteiger partial charge in [0, 0.05) is 48.4 Å². The summed E-state index contributed by atoms with van der Waals surface area (Å²) in [6, 6.07) is 20.0. The molecule has 2 aromatic carbocycles. The van der Waals surface area contributed by atoms with Crippen LogP contribution in [-0.4, -0.2) is 15.1 Å². The van der Waals surface area contributed by atoms with Gasteiger partial charge >= 0.3 is 29.6 Å². The molecule has 0 saturated heterocycles. The molecular formula is C20H17N2NaO2. The number of nitrogens with zero attached hydrogens (tertiary/aromatic N) is 2. The Morgan fingerprint density at radius 1 is 0.800 bits per heavy atom. The maximum absolute atomic E-state index is 11.7. The maximum Gasteiger partial charge on any atom is 1.00 e. The van der Waals surface area contributed by atoms with Crippen LogP contribution in [0, 0.1) is 5.92 Å².